The van der Waals surface area contributed by atoms with E-state index in [9.17, 15) is 4.79 Å². The monoisotopic (exact) mass is 73.0 g/mol. The number of primary amides is 1. The molecule has 0 aromatic heterocycles. The zero-order chi connectivity index (χ0) is 4.28. The SMILES string of the molecule is C=C[14C](N)=O. The molecule has 0 fully saturated rings. The molecular weight excluding hydrogens is 68.0 g/mol. The van der Waals surface area contributed by atoms with E-state index in [0.29, 0.717) is 0 Å². The highest BCUT2D eigenvalue weighted by Crippen LogP contribution is 1.48. The largest absolute Gasteiger partial charge is 0.366 e. The van der Waals surface area contributed by atoms with E-state index in [-0.39, 0.29) is 0 Å². The fourth-order valence-electron chi connectivity index (χ4n) is 0. The highest BCUT2D eigenvalue weighted by molar-refractivity contribution is 5.84. The maximum Gasteiger partial charge on any atom is 0.240 e. The molecule has 0 rings (SSSR count). The Kier molecular flexibility index (Phi) is 1.28. The molecule has 2 heteroatoms. The highest BCUT2D eigenvalue weighted by atomic mass is 16.3. The number of carbonyl (C=O) groups is 1. The molecule has 0 aliphatic carbocycles. The van der Waals surface area contributed by atoms with Crippen LogP contribution in [-0.2, 0) is 4.79 Å². The molecule has 0 aromatic rings. The highest BCUT2D eigenvalue weighted by Gasteiger charge is 1.69. The second-order valence-corrected chi connectivity index (χ2v) is 0.606. The van der Waals surface area contributed by atoms with Crippen molar-refractivity contribution >= 4 is 5.91 Å². The van der Waals surface area contributed by atoms with Crippen molar-refractivity contribution in [1.29, 1.82) is 0 Å². The molecule has 0 spiro atoms. The Balaban J connectivity index is 3.20. The molecule has 0 aromatic carbocycles. The lowest BCUT2D eigenvalue weighted by Crippen LogP contribution is -2.04. The van der Waals surface area contributed by atoms with Gasteiger partial charge in [-0.05, 0) is 6.08 Å². The fraction of sp³-hybridized carbons (Fsp3) is 0. The molecule has 0 heterocycles. The molecule has 0 saturated carbocycles. The Labute approximate surface area is 30.3 Å². The van der Waals surface area contributed by atoms with Crippen molar-refractivity contribution in [3.8, 4) is 0 Å². The first kappa shape index (κ1) is 4.21. The smallest absolute Gasteiger partial charge is 0.240 e. The van der Waals surface area contributed by atoms with Gasteiger partial charge >= 0.3 is 0 Å². The van der Waals surface area contributed by atoms with Crippen molar-refractivity contribution in [2.75, 3.05) is 0 Å². The third kappa shape index (κ3) is 3.21. The normalized spacial score (nSPS) is 6.40. The molecule has 0 atom stereocenters. The Hall–Kier alpha value is -0.790. The average Bonchev–Trinajstić information content (AvgIpc) is 1.38. The lowest BCUT2D eigenvalue weighted by Gasteiger charge is -1.65. The van der Waals surface area contributed by atoms with Crippen molar-refractivity contribution in [2.45, 2.75) is 0 Å². The van der Waals surface area contributed by atoms with E-state index < -0.39 is 5.91 Å². The predicted molar refractivity (Wildman–Crippen MR) is 19.4 cm³/mol. The molecule has 0 unspecified atom stereocenters. The summed E-state index contributed by atoms with van der Waals surface area (Å²) < 4.78 is 0. The summed E-state index contributed by atoms with van der Waals surface area (Å²) in [5, 5.41) is 0. The first-order valence-corrected chi connectivity index (χ1v) is 1.19. The van der Waals surface area contributed by atoms with Gasteiger partial charge in [0, 0.05) is 0 Å². The lowest BCUT2D eigenvalue weighted by molar-refractivity contribution is -0.113. The van der Waals surface area contributed by atoms with Gasteiger partial charge in [0.05, 0.1) is 0 Å². The summed E-state index contributed by atoms with van der Waals surface area (Å²) in [7, 11) is 0. The van der Waals surface area contributed by atoms with E-state index in [2.05, 4.69) is 12.3 Å². The van der Waals surface area contributed by atoms with Gasteiger partial charge in [-0.25, -0.2) is 0 Å². The molecule has 2 nitrogen and oxygen atoms in total. The summed E-state index contributed by atoms with van der Waals surface area (Å²) in [4.78, 5) is 9.47. The molecule has 2 N–H and O–H groups in total. The zero-order valence-electron chi connectivity index (χ0n) is 2.77. The molecular formula is C3H5NO. The number of amides is 1. The molecule has 0 bridgehead atoms. The first-order valence-electron chi connectivity index (χ1n) is 1.19. The van der Waals surface area contributed by atoms with Crippen LogP contribution in [0, 0.1) is 0 Å². The number of nitrogens with two attached hydrogens (primary N) is 1. The van der Waals surface area contributed by atoms with Crippen LogP contribution in [0.15, 0.2) is 12.7 Å². The van der Waals surface area contributed by atoms with Crippen LogP contribution >= 0.6 is 0 Å². The van der Waals surface area contributed by atoms with Crippen molar-refractivity contribution in [3.05, 3.63) is 12.7 Å². The molecule has 0 aliphatic rings. The van der Waals surface area contributed by atoms with E-state index in [1.165, 1.54) is 0 Å². The van der Waals surface area contributed by atoms with Gasteiger partial charge in [0.1, 0.15) is 0 Å². The Morgan fingerprint density at radius 3 is 2.20 bits per heavy atom. The lowest BCUT2D eigenvalue weighted by atomic mass is 11.1. The number of carbonyl (C=O) groups excluding carboxylic acids is 1. The quantitative estimate of drug-likeness (QED) is 0.424. The van der Waals surface area contributed by atoms with Crippen LogP contribution < -0.4 is 5.73 Å². The minimum absolute atomic E-state index is 0.481. The molecule has 0 saturated heterocycles. The van der Waals surface area contributed by atoms with Crippen LogP contribution in [0.25, 0.3) is 0 Å². The third-order valence-corrected chi connectivity index (χ3v) is 0.201. The summed E-state index contributed by atoms with van der Waals surface area (Å²) in [6.07, 6.45) is 1.06. The number of hydrogen-bond acceptors (Lipinski definition) is 1. The minimum Gasteiger partial charge on any atom is -0.366 e. The molecule has 1 amide bonds. The second-order valence-electron chi connectivity index (χ2n) is 0.606. The first-order chi connectivity index (χ1) is 2.27. The molecule has 28 valence electrons. The Morgan fingerprint density at radius 2 is 2.20 bits per heavy atom. The van der Waals surface area contributed by atoms with Crippen LogP contribution in [0.4, 0.5) is 0 Å². The Morgan fingerprint density at radius 1 is 2.00 bits per heavy atom. The maximum atomic E-state index is 9.47. The predicted octanol–water partition coefficient (Wildman–Crippen LogP) is -0.342. The van der Waals surface area contributed by atoms with Gasteiger partial charge in [-0.3, -0.25) is 4.79 Å². The van der Waals surface area contributed by atoms with Crippen molar-refractivity contribution in [3.63, 3.8) is 0 Å². The second kappa shape index (κ2) is 1.52. The van der Waals surface area contributed by atoms with Gasteiger partial charge in [-0.2, -0.15) is 0 Å². The van der Waals surface area contributed by atoms with Crippen LogP contribution in [-0.4, -0.2) is 5.91 Å². The number of hydrogen-bond donors (Lipinski definition) is 1. The number of rotatable bonds is 1. The van der Waals surface area contributed by atoms with E-state index in [0.717, 1.165) is 6.08 Å². The Bertz CT molecular complexity index is 57.9. The van der Waals surface area contributed by atoms with Crippen LogP contribution in [0.5, 0.6) is 0 Å². The summed E-state index contributed by atoms with van der Waals surface area (Å²) in [6.45, 7) is 3.09. The summed E-state index contributed by atoms with van der Waals surface area (Å²) in [5.41, 5.74) is 4.53. The van der Waals surface area contributed by atoms with E-state index in [4.69, 9.17) is 0 Å². The van der Waals surface area contributed by atoms with Gasteiger partial charge < -0.3 is 5.73 Å². The van der Waals surface area contributed by atoms with Crippen molar-refractivity contribution in [2.24, 2.45) is 5.73 Å². The van der Waals surface area contributed by atoms with Gasteiger partial charge in [0.2, 0.25) is 5.91 Å². The minimum atomic E-state index is -0.481. The van der Waals surface area contributed by atoms with Gasteiger partial charge in [0.15, 0.2) is 0 Å². The fourth-order valence-corrected chi connectivity index (χ4v) is 0. The standard InChI is InChI=1S/C3H5NO/c1-2-3(4)5/h2H,1H2,(H2,4,5)/i3+2. The summed E-state index contributed by atoms with van der Waals surface area (Å²) in [6, 6.07) is 0. The average molecular weight is 73.1 g/mol. The maximum absolute atomic E-state index is 9.47. The van der Waals surface area contributed by atoms with Gasteiger partial charge in [-0.1, -0.05) is 6.58 Å². The summed E-state index contributed by atoms with van der Waals surface area (Å²) >= 11 is 0. The van der Waals surface area contributed by atoms with E-state index >= 15 is 0 Å². The van der Waals surface area contributed by atoms with Gasteiger partial charge in [0.25, 0.3) is 0 Å². The van der Waals surface area contributed by atoms with Crippen molar-refractivity contribution < 1.29 is 4.79 Å². The van der Waals surface area contributed by atoms with Crippen LogP contribution in [0.2, 0.25) is 0 Å². The van der Waals surface area contributed by atoms with Crippen LogP contribution in [0.1, 0.15) is 0 Å². The topological polar surface area (TPSA) is 43.1 Å². The van der Waals surface area contributed by atoms with E-state index in [1.807, 2.05) is 0 Å². The van der Waals surface area contributed by atoms with Crippen molar-refractivity contribution in [1.82, 2.24) is 0 Å². The molecule has 0 aliphatic heterocycles. The zero-order valence-corrected chi connectivity index (χ0v) is 2.77. The molecule has 5 heavy (non-hydrogen) atoms. The summed E-state index contributed by atoms with van der Waals surface area (Å²) in [5.74, 6) is -0.481. The van der Waals surface area contributed by atoms with E-state index in [1.54, 1.807) is 0 Å². The molecule has 0 radical (unpaired) electrons. The van der Waals surface area contributed by atoms with Crippen LogP contribution in [0.3, 0.4) is 0 Å². The third-order valence-electron chi connectivity index (χ3n) is 0.201. The van der Waals surface area contributed by atoms with Gasteiger partial charge in [-0.15, -0.1) is 0 Å².